The summed E-state index contributed by atoms with van der Waals surface area (Å²) >= 11 is -1.16. The van der Waals surface area contributed by atoms with Gasteiger partial charge in [0, 0.05) is 47.4 Å². The lowest BCUT2D eigenvalue weighted by molar-refractivity contribution is -0.117. The van der Waals surface area contributed by atoms with Crippen molar-refractivity contribution in [2.24, 2.45) is 13.0 Å². The van der Waals surface area contributed by atoms with Gasteiger partial charge in [0.05, 0.1) is 0 Å². The van der Waals surface area contributed by atoms with E-state index in [9.17, 15) is 14.1 Å². The summed E-state index contributed by atoms with van der Waals surface area (Å²) in [4.78, 5) is 25.5. The van der Waals surface area contributed by atoms with Gasteiger partial charge in [-0.15, -0.1) is 0 Å². The van der Waals surface area contributed by atoms with Crippen LogP contribution in [0.1, 0.15) is 12.8 Å². The van der Waals surface area contributed by atoms with Crippen LogP contribution in [0.2, 0.25) is 0 Å². The van der Waals surface area contributed by atoms with Crippen molar-refractivity contribution in [1.29, 1.82) is 0 Å². The van der Waals surface area contributed by atoms with Crippen molar-refractivity contribution in [1.82, 2.24) is 4.57 Å². The predicted molar refractivity (Wildman–Crippen MR) is 108 cm³/mol. The Labute approximate surface area is 160 Å². The highest BCUT2D eigenvalue weighted by Crippen LogP contribution is 2.36. The first-order valence-corrected chi connectivity index (χ1v) is 10.4. The Morgan fingerprint density at radius 2 is 1.85 bits per heavy atom. The molecule has 0 radical (unpaired) electrons. The number of carbonyl (C=O) groups excluding carboxylic acids is 1. The summed E-state index contributed by atoms with van der Waals surface area (Å²) in [6, 6.07) is 12.8. The van der Waals surface area contributed by atoms with Gasteiger partial charge >= 0.3 is 0 Å². The average molecular weight is 380 g/mol. The molecule has 5 nitrogen and oxygen atoms in total. The fraction of sp³-hybridized carbons (Fsp3) is 0.238. The molecule has 27 heavy (non-hydrogen) atoms. The molecule has 0 bridgehead atoms. The van der Waals surface area contributed by atoms with Gasteiger partial charge in [-0.2, -0.15) is 0 Å². The molecule has 138 valence electrons. The SMILES string of the molecule is Cn1cc(-c2cc([S+](C)[O-])ccc2NC(=O)C2CC2)c2ccccc2c1=O. The van der Waals surface area contributed by atoms with Crippen LogP contribution in [0.25, 0.3) is 21.9 Å². The van der Waals surface area contributed by atoms with E-state index in [1.165, 1.54) is 0 Å². The highest BCUT2D eigenvalue weighted by molar-refractivity contribution is 7.90. The normalized spacial score (nSPS) is 14.9. The van der Waals surface area contributed by atoms with Crippen LogP contribution in [0.15, 0.2) is 58.4 Å². The van der Waals surface area contributed by atoms with E-state index in [2.05, 4.69) is 5.32 Å². The molecule has 4 rings (SSSR count). The molecule has 1 aromatic heterocycles. The number of aryl methyl sites for hydroxylation is 1. The van der Waals surface area contributed by atoms with Gasteiger partial charge in [-0.1, -0.05) is 18.2 Å². The molecule has 2 aromatic carbocycles. The zero-order chi connectivity index (χ0) is 19.1. The number of hydrogen-bond donors (Lipinski definition) is 1. The number of rotatable bonds is 4. The van der Waals surface area contributed by atoms with Crippen LogP contribution in [0.3, 0.4) is 0 Å². The first-order valence-electron chi connectivity index (χ1n) is 8.83. The number of benzene rings is 2. The van der Waals surface area contributed by atoms with E-state index in [4.69, 9.17) is 0 Å². The number of carbonyl (C=O) groups is 1. The van der Waals surface area contributed by atoms with E-state index < -0.39 is 11.2 Å². The number of amides is 1. The molecule has 1 amide bonds. The van der Waals surface area contributed by atoms with Crippen LogP contribution in [-0.4, -0.2) is 21.3 Å². The van der Waals surface area contributed by atoms with Crippen molar-refractivity contribution >= 4 is 33.5 Å². The maximum atomic E-state index is 12.5. The summed E-state index contributed by atoms with van der Waals surface area (Å²) in [5, 5.41) is 4.43. The molecule has 1 fully saturated rings. The van der Waals surface area contributed by atoms with Gasteiger partial charge in [-0.05, 0) is 47.6 Å². The molecule has 0 aliphatic heterocycles. The fourth-order valence-corrected chi connectivity index (χ4v) is 3.79. The van der Waals surface area contributed by atoms with Crippen LogP contribution in [0, 0.1) is 5.92 Å². The lowest BCUT2D eigenvalue weighted by Crippen LogP contribution is -2.17. The summed E-state index contributed by atoms with van der Waals surface area (Å²) in [6.07, 6.45) is 5.23. The van der Waals surface area contributed by atoms with E-state index in [1.54, 1.807) is 42.3 Å². The molecule has 3 aromatic rings. The molecule has 1 unspecified atom stereocenters. The van der Waals surface area contributed by atoms with Crippen LogP contribution in [0.4, 0.5) is 5.69 Å². The minimum absolute atomic E-state index is 0.00995. The maximum absolute atomic E-state index is 12.5. The van der Waals surface area contributed by atoms with Gasteiger partial charge in [-0.3, -0.25) is 9.59 Å². The first-order chi connectivity index (χ1) is 13.0. The standard InChI is InChI=1S/C21H20N2O3S/c1-23-12-18(15-5-3-4-6-16(15)21(23)25)17-11-14(27(2)26)9-10-19(17)22-20(24)13-7-8-13/h3-6,9-13H,7-8H2,1-2H3,(H,22,24). The van der Waals surface area contributed by atoms with Crippen LogP contribution < -0.4 is 10.9 Å². The van der Waals surface area contributed by atoms with Crippen molar-refractivity contribution in [2.75, 3.05) is 11.6 Å². The maximum Gasteiger partial charge on any atom is 0.258 e. The summed E-state index contributed by atoms with van der Waals surface area (Å²) < 4.78 is 13.6. The van der Waals surface area contributed by atoms with Crippen LogP contribution >= 0.6 is 0 Å². The molecule has 1 aliphatic rings. The van der Waals surface area contributed by atoms with Crippen molar-refractivity contribution in [3.63, 3.8) is 0 Å². The molecular weight excluding hydrogens is 360 g/mol. The number of aromatic nitrogens is 1. The number of anilines is 1. The van der Waals surface area contributed by atoms with E-state index >= 15 is 0 Å². The second-order valence-electron chi connectivity index (χ2n) is 6.93. The van der Waals surface area contributed by atoms with Gasteiger partial charge in [-0.25, -0.2) is 0 Å². The highest BCUT2D eigenvalue weighted by atomic mass is 32.2. The topological polar surface area (TPSA) is 74.2 Å². The van der Waals surface area contributed by atoms with Crippen molar-refractivity contribution in [2.45, 2.75) is 17.7 Å². The third-order valence-electron chi connectivity index (χ3n) is 4.91. The summed E-state index contributed by atoms with van der Waals surface area (Å²) in [7, 11) is 1.71. The molecule has 1 atom stereocenters. The Morgan fingerprint density at radius 3 is 2.52 bits per heavy atom. The highest BCUT2D eigenvalue weighted by Gasteiger charge is 2.30. The Kier molecular flexibility index (Phi) is 4.53. The fourth-order valence-electron chi connectivity index (χ4n) is 3.25. The monoisotopic (exact) mass is 380 g/mol. The number of hydrogen-bond acceptors (Lipinski definition) is 3. The van der Waals surface area contributed by atoms with Gasteiger partial charge in [0.25, 0.3) is 5.56 Å². The van der Waals surface area contributed by atoms with Gasteiger partial charge in [0.15, 0.2) is 4.90 Å². The van der Waals surface area contributed by atoms with E-state index in [-0.39, 0.29) is 17.4 Å². The third kappa shape index (κ3) is 3.38. The summed E-state index contributed by atoms with van der Waals surface area (Å²) in [6.45, 7) is 0. The van der Waals surface area contributed by atoms with Crippen molar-refractivity contribution < 1.29 is 9.35 Å². The zero-order valence-corrected chi connectivity index (χ0v) is 16.0. The lowest BCUT2D eigenvalue weighted by Gasteiger charge is -2.16. The van der Waals surface area contributed by atoms with Crippen molar-refractivity contribution in [3.8, 4) is 11.1 Å². The Morgan fingerprint density at radius 1 is 1.15 bits per heavy atom. The number of nitrogens with one attached hydrogen (secondary N) is 1. The Balaban J connectivity index is 1.95. The number of pyridine rings is 1. The summed E-state index contributed by atoms with van der Waals surface area (Å²) in [5.41, 5.74) is 2.19. The van der Waals surface area contributed by atoms with E-state index in [1.807, 2.05) is 24.3 Å². The zero-order valence-electron chi connectivity index (χ0n) is 15.2. The summed E-state index contributed by atoms with van der Waals surface area (Å²) in [5.74, 6) is 0.0884. The average Bonchev–Trinajstić information content (AvgIpc) is 3.50. The smallest absolute Gasteiger partial charge is 0.258 e. The largest absolute Gasteiger partial charge is 0.612 e. The number of fused-ring (bicyclic) bond motifs is 1. The molecule has 1 heterocycles. The van der Waals surface area contributed by atoms with Gasteiger partial charge in [0.2, 0.25) is 5.91 Å². The quantitative estimate of drug-likeness (QED) is 0.706. The Bertz CT molecular complexity index is 1100. The molecule has 1 saturated carbocycles. The predicted octanol–water partition coefficient (Wildman–Crippen LogP) is 3.29. The van der Waals surface area contributed by atoms with Crippen molar-refractivity contribution in [3.05, 3.63) is 59.0 Å². The minimum atomic E-state index is -1.16. The minimum Gasteiger partial charge on any atom is -0.612 e. The molecule has 0 saturated heterocycles. The third-order valence-corrected chi connectivity index (χ3v) is 5.83. The Hall–Kier alpha value is -2.57. The molecule has 1 aliphatic carbocycles. The molecular formula is C21H20N2O3S. The molecule has 1 N–H and O–H groups in total. The van der Waals surface area contributed by atoms with E-state index in [0.29, 0.717) is 16.0 Å². The van der Waals surface area contributed by atoms with Crippen LogP contribution in [0.5, 0.6) is 0 Å². The lowest BCUT2D eigenvalue weighted by atomic mass is 9.99. The van der Waals surface area contributed by atoms with Gasteiger partial charge in [0.1, 0.15) is 6.26 Å². The molecule has 0 spiro atoms. The molecule has 6 heteroatoms. The second-order valence-corrected chi connectivity index (χ2v) is 8.31. The van der Waals surface area contributed by atoms with Crippen LogP contribution in [-0.2, 0) is 23.0 Å². The van der Waals surface area contributed by atoms with E-state index in [0.717, 1.165) is 29.4 Å². The number of nitrogens with zero attached hydrogens (tertiary/aromatic N) is 1. The first kappa shape index (κ1) is 17.8. The van der Waals surface area contributed by atoms with Gasteiger partial charge < -0.3 is 14.4 Å². The second kappa shape index (κ2) is 6.87.